The van der Waals surface area contributed by atoms with E-state index in [9.17, 15) is 0 Å². The minimum Gasteiger partial charge on any atom is -0.359 e. The van der Waals surface area contributed by atoms with E-state index >= 15 is 0 Å². The molecule has 1 aromatic rings. The summed E-state index contributed by atoms with van der Waals surface area (Å²) in [6.45, 7) is 3.94. The Balaban J connectivity index is 2.00. The molecule has 1 fully saturated rings. The highest BCUT2D eigenvalue weighted by molar-refractivity contribution is 5.38. The molecule has 1 heterocycles. The second-order valence-corrected chi connectivity index (χ2v) is 4.54. The predicted octanol–water partition coefficient (Wildman–Crippen LogP) is 1.63. The molecule has 3 nitrogen and oxygen atoms in total. The molecule has 1 aliphatic carbocycles. The number of aromatic nitrogens is 1. The fourth-order valence-corrected chi connectivity index (χ4v) is 1.89. The molecule has 82 valence electrons. The first-order valence-corrected chi connectivity index (χ1v) is 5.58. The van der Waals surface area contributed by atoms with Crippen LogP contribution in [0, 0.1) is 11.8 Å². The van der Waals surface area contributed by atoms with Crippen molar-refractivity contribution in [2.45, 2.75) is 19.9 Å². The van der Waals surface area contributed by atoms with Crippen molar-refractivity contribution in [3.8, 4) is 0 Å². The van der Waals surface area contributed by atoms with Crippen molar-refractivity contribution in [1.29, 1.82) is 0 Å². The maximum Gasteiger partial charge on any atom is 0.128 e. The molecule has 0 spiro atoms. The van der Waals surface area contributed by atoms with Gasteiger partial charge in [0.15, 0.2) is 0 Å². The predicted molar refractivity (Wildman–Crippen MR) is 62.7 cm³/mol. The van der Waals surface area contributed by atoms with E-state index in [0.717, 1.165) is 29.9 Å². The van der Waals surface area contributed by atoms with Crippen LogP contribution in [0.5, 0.6) is 0 Å². The molecule has 0 saturated heterocycles. The smallest absolute Gasteiger partial charge is 0.128 e. The molecule has 0 bridgehead atoms. The topological polar surface area (TPSA) is 42.1 Å². The second-order valence-electron chi connectivity index (χ2n) is 4.54. The molecule has 1 saturated carbocycles. The van der Waals surface area contributed by atoms with Crippen LogP contribution in [0.3, 0.4) is 0 Å². The molecule has 3 heteroatoms. The van der Waals surface area contributed by atoms with Crippen LogP contribution in [0.15, 0.2) is 18.2 Å². The van der Waals surface area contributed by atoms with E-state index in [1.54, 1.807) is 0 Å². The van der Waals surface area contributed by atoms with Crippen LogP contribution in [-0.4, -0.2) is 18.6 Å². The zero-order valence-electron chi connectivity index (χ0n) is 9.48. The minimum atomic E-state index is 0.515. The van der Waals surface area contributed by atoms with E-state index in [1.807, 2.05) is 18.2 Å². The number of nitrogens with two attached hydrogens (primary N) is 1. The standard InChI is InChI=1S/C12H19N3/c1-9-6-10(9)8-15(2)12-5-3-4-11(7-13)14-12/h3-5,9-10H,6-8,13H2,1-2H3. The Morgan fingerprint density at radius 2 is 2.27 bits per heavy atom. The fourth-order valence-electron chi connectivity index (χ4n) is 1.89. The maximum atomic E-state index is 5.57. The lowest BCUT2D eigenvalue weighted by molar-refractivity contribution is 0.718. The SMILES string of the molecule is CC1CC1CN(C)c1cccc(CN)n1. The monoisotopic (exact) mass is 205 g/mol. The Kier molecular flexibility index (Phi) is 2.91. The van der Waals surface area contributed by atoms with Gasteiger partial charge in [0.2, 0.25) is 0 Å². The molecule has 0 radical (unpaired) electrons. The van der Waals surface area contributed by atoms with Gasteiger partial charge in [-0.25, -0.2) is 4.98 Å². The van der Waals surface area contributed by atoms with Crippen molar-refractivity contribution in [2.75, 3.05) is 18.5 Å². The number of pyridine rings is 1. The Hall–Kier alpha value is -1.09. The lowest BCUT2D eigenvalue weighted by atomic mass is 10.3. The molecule has 1 aromatic heterocycles. The molecule has 1 aliphatic rings. The Morgan fingerprint density at radius 3 is 2.87 bits per heavy atom. The molecule has 2 rings (SSSR count). The first-order chi connectivity index (χ1) is 7.20. The van der Waals surface area contributed by atoms with Crippen LogP contribution < -0.4 is 10.6 Å². The van der Waals surface area contributed by atoms with Crippen molar-refractivity contribution < 1.29 is 0 Å². The largest absolute Gasteiger partial charge is 0.359 e. The first kappa shape index (κ1) is 10.4. The summed E-state index contributed by atoms with van der Waals surface area (Å²) in [5, 5.41) is 0. The van der Waals surface area contributed by atoms with E-state index in [1.165, 1.54) is 6.42 Å². The number of hydrogen-bond donors (Lipinski definition) is 1. The van der Waals surface area contributed by atoms with Gasteiger partial charge in [-0.05, 0) is 30.4 Å². The van der Waals surface area contributed by atoms with Crippen molar-refractivity contribution in [3.05, 3.63) is 23.9 Å². The van der Waals surface area contributed by atoms with E-state index in [2.05, 4.69) is 23.9 Å². The first-order valence-electron chi connectivity index (χ1n) is 5.58. The Labute approximate surface area is 91.3 Å². The van der Waals surface area contributed by atoms with Crippen molar-refractivity contribution in [3.63, 3.8) is 0 Å². The number of anilines is 1. The van der Waals surface area contributed by atoms with Gasteiger partial charge in [0, 0.05) is 20.1 Å². The van der Waals surface area contributed by atoms with Gasteiger partial charge < -0.3 is 10.6 Å². The molecular formula is C12H19N3. The van der Waals surface area contributed by atoms with Crippen molar-refractivity contribution in [1.82, 2.24) is 4.98 Å². The van der Waals surface area contributed by atoms with Crippen LogP contribution in [0.1, 0.15) is 19.0 Å². The van der Waals surface area contributed by atoms with E-state index < -0.39 is 0 Å². The highest BCUT2D eigenvalue weighted by Gasteiger charge is 2.33. The Bertz CT molecular complexity index is 337. The lowest BCUT2D eigenvalue weighted by Gasteiger charge is -2.18. The summed E-state index contributed by atoms with van der Waals surface area (Å²) in [6.07, 6.45) is 1.36. The quantitative estimate of drug-likeness (QED) is 0.812. The van der Waals surface area contributed by atoms with Gasteiger partial charge in [0.05, 0.1) is 5.69 Å². The second kappa shape index (κ2) is 4.19. The summed E-state index contributed by atoms with van der Waals surface area (Å²) in [7, 11) is 2.10. The molecule has 2 N–H and O–H groups in total. The summed E-state index contributed by atoms with van der Waals surface area (Å²) in [5.74, 6) is 2.79. The van der Waals surface area contributed by atoms with Gasteiger partial charge in [0.25, 0.3) is 0 Å². The average molecular weight is 205 g/mol. The number of nitrogens with zero attached hydrogens (tertiary/aromatic N) is 2. The number of rotatable bonds is 4. The van der Waals surface area contributed by atoms with Crippen LogP contribution >= 0.6 is 0 Å². The Morgan fingerprint density at radius 1 is 1.53 bits per heavy atom. The van der Waals surface area contributed by atoms with Gasteiger partial charge >= 0.3 is 0 Å². The fraction of sp³-hybridized carbons (Fsp3) is 0.583. The molecule has 15 heavy (non-hydrogen) atoms. The lowest BCUT2D eigenvalue weighted by Crippen LogP contribution is -2.22. The normalized spacial score (nSPS) is 23.9. The van der Waals surface area contributed by atoms with Crippen molar-refractivity contribution >= 4 is 5.82 Å². The van der Waals surface area contributed by atoms with Gasteiger partial charge in [-0.15, -0.1) is 0 Å². The van der Waals surface area contributed by atoms with Crippen LogP contribution in [-0.2, 0) is 6.54 Å². The zero-order valence-corrected chi connectivity index (χ0v) is 9.48. The van der Waals surface area contributed by atoms with E-state index in [0.29, 0.717) is 6.54 Å². The van der Waals surface area contributed by atoms with Crippen molar-refractivity contribution in [2.24, 2.45) is 17.6 Å². The molecule has 2 atom stereocenters. The van der Waals surface area contributed by atoms with Gasteiger partial charge in [-0.2, -0.15) is 0 Å². The van der Waals surface area contributed by atoms with Crippen LogP contribution in [0.2, 0.25) is 0 Å². The molecule has 0 aromatic carbocycles. The third-order valence-electron chi connectivity index (χ3n) is 3.18. The molecule has 2 unspecified atom stereocenters. The summed E-state index contributed by atoms with van der Waals surface area (Å²) in [4.78, 5) is 6.73. The zero-order chi connectivity index (χ0) is 10.8. The van der Waals surface area contributed by atoms with Crippen LogP contribution in [0.4, 0.5) is 5.82 Å². The molecular weight excluding hydrogens is 186 g/mol. The summed E-state index contributed by atoms with van der Waals surface area (Å²) < 4.78 is 0. The van der Waals surface area contributed by atoms with E-state index in [-0.39, 0.29) is 0 Å². The highest BCUT2D eigenvalue weighted by atomic mass is 15.2. The summed E-state index contributed by atoms with van der Waals surface area (Å²) in [5.41, 5.74) is 6.53. The maximum absolute atomic E-state index is 5.57. The molecule has 0 aliphatic heterocycles. The minimum absolute atomic E-state index is 0.515. The van der Waals surface area contributed by atoms with Gasteiger partial charge in [0.1, 0.15) is 5.82 Å². The summed E-state index contributed by atoms with van der Waals surface area (Å²) in [6, 6.07) is 6.04. The van der Waals surface area contributed by atoms with Gasteiger partial charge in [-0.3, -0.25) is 0 Å². The van der Waals surface area contributed by atoms with E-state index in [4.69, 9.17) is 5.73 Å². The third kappa shape index (κ3) is 2.48. The highest BCUT2D eigenvalue weighted by Crippen LogP contribution is 2.38. The average Bonchev–Trinajstić information content (AvgIpc) is 2.94. The van der Waals surface area contributed by atoms with Gasteiger partial charge in [-0.1, -0.05) is 13.0 Å². The summed E-state index contributed by atoms with van der Waals surface area (Å²) >= 11 is 0. The van der Waals surface area contributed by atoms with Crippen LogP contribution in [0.25, 0.3) is 0 Å². The molecule has 0 amide bonds. The third-order valence-corrected chi connectivity index (χ3v) is 3.18. The number of hydrogen-bond acceptors (Lipinski definition) is 3.